The van der Waals surface area contributed by atoms with Crippen molar-refractivity contribution in [2.24, 2.45) is 0 Å². The lowest BCUT2D eigenvalue weighted by molar-refractivity contribution is 1.09. The Morgan fingerprint density at radius 2 is 1.79 bits per heavy atom. The number of halogens is 1. The van der Waals surface area contributed by atoms with Gasteiger partial charge in [-0.3, -0.25) is 4.40 Å². The lowest BCUT2D eigenvalue weighted by atomic mass is 10.1. The van der Waals surface area contributed by atoms with E-state index in [-0.39, 0.29) is 0 Å². The molecule has 3 aromatic heterocycles. The Balaban J connectivity index is 2.04. The molecule has 3 nitrogen and oxygen atoms in total. The van der Waals surface area contributed by atoms with Crippen LogP contribution in [0.3, 0.4) is 0 Å². The molecule has 3 heterocycles. The third-order valence-corrected chi connectivity index (χ3v) is 5.21. The van der Waals surface area contributed by atoms with Gasteiger partial charge in [0.2, 0.25) is 0 Å². The highest BCUT2D eigenvalue weighted by atomic mass is 35.5. The normalized spacial score (nSPS) is 11.1. The Kier molecular flexibility index (Phi) is 3.79. The van der Waals surface area contributed by atoms with E-state index in [2.05, 4.69) is 45.8 Å². The van der Waals surface area contributed by atoms with E-state index in [4.69, 9.17) is 16.6 Å². The van der Waals surface area contributed by atoms with Crippen molar-refractivity contribution in [2.75, 3.05) is 19.0 Å². The topological polar surface area (TPSA) is 20.5 Å². The number of fused-ring (bicyclic) bond motifs is 1. The van der Waals surface area contributed by atoms with Gasteiger partial charge in [0.15, 0.2) is 0 Å². The first-order valence-electron chi connectivity index (χ1n) is 7.64. The Labute approximate surface area is 149 Å². The number of nitrogens with zero attached hydrogens (tertiary/aromatic N) is 3. The number of pyridine rings is 1. The maximum Gasteiger partial charge on any atom is 0.138 e. The van der Waals surface area contributed by atoms with Gasteiger partial charge in [-0.1, -0.05) is 41.9 Å². The van der Waals surface area contributed by atoms with E-state index in [0.29, 0.717) is 0 Å². The molecule has 0 aliphatic rings. The summed E-state index contributed by atoms with van der Waals surface area (Å²) in [5.41, 5.74) is 5.22. The van der Waals surface area contributed by atoms with Gasteiger partial charge in [0, 0.05) is 25.9 Å². The number of hydrogen-bond acceptors (Lipinski definition) is 3. The van der Waals surface area contributed by atoms with Crippen LogP contribution in [0.5, 0.6) is 0 Å². The van der Waals surface area contributed by atoms with Gasteiger partial charge in [-0.25, -0.2) is 4.98 Å². The second kappa shape index (κ2) is 5.96. The van der Waals surface area contributed by atoms with Crippen LogP contribution in [0.2, 0.25) is 4.34 Å². The number of hydrogen-bond donors (Lipinski definition) is 0. The lowest BCUT2D eigenvalue weighted by Crippen LogP contribution is -2.09. The van der Waals surface area contributed by atoms with Crippen molar-refractivity contribution in [1.29, 1.82) is 0 Å². The number of benzene rings is 1. The summed E-state index contributed by atoms with van der Waals surface area (Å²) in [6, 6.07) is 18.4. The fourth-order valence-electron chi connectivity index (χ4n) is 2.77. The second-order valence-corrected chi connectivity index (χ2v) is 7.50. The Morgan fingerprint density at radius 1 is 1.00 bits per heavy atom. The molecule has 24 heavy (non-hydrogen) atoms. The molecule has 0 bridgehead atoms. The van der Waals surface area contributed by atoms with Gasteiger partial charge >= 0.3 is 0 Å². The molecule has 4 rings (SSSR count). The molecule has 0 unspecified atom stereocenters. The van der Waals surface area contributed by atoms with Gasteiger partial charge in [-0.15, -0.1) is 11.3 Å². The SMILES string of the molecule is CN(C)c1ccc2nc(-c3ccccc3)c(-c3ccc(Cl)s3)n2c1. The van der Waals surface area contributed by atoms with Crippen LogP contribution in [-0.4, -0.2) is 23.5 Å². The average molecular weight is 354 g/mol. The smallest absolute Gasteiger partial charge is 0.138 e. The number of thiophene rings is 1. The summed E-state index contributed by atoms with van der Waals surface area (Å²) in [5.74, 6) is 0. The van der Waals surface area contributed by atoms with Crippen LogP contribution in [0, 0.1) is 0 Å². The first kappa shape index (κ1) is 15.2. The number of aromatic nitrogens is 2. The number of rotatable bonds is 3. The van der Waals surface area contributed by atoms with E-state index in [1.54, 1.807) is 11.3 Å². The van der Waals surface area contributed by atoms with Crippen LogP contribution < -0.4 is 4.90 Å². The van der Waals surface area contributed by atoms with Gasteiger partial charge < -0.3 is 4.90 Å². The standard InChI is InChI=1S/C19H16ClN3S/c1-22(2)14-8-11-17-21-18(13-6-4-3-5-7-13)19(23(17)12-14)15-9-10-16(20)24-15/h3-12H,1-2H3. The van der Waals surface area contributed by atoms with Crippen LogP contribution >= 0.6 is 22.9 Å². The zero-order valence-electron chi connectivity index (χ0n) is 13.4. The zero-order valence-corrected chi connectivity index (χ0v) is 15.0. The molecule has 0 atom stereocenters. The fraction of sp³-hybridized carbons (Fsp3) is 0.105. The fourth-order valence-corrected chi connectivity index (χ4v) is 3.86. The predicted molar refractivity (Wildman–Crippen MR) is 103 cm³/mol. The molecule has 0 fully saturated rings. The summed E-state index contributed by atoms with van der Waals surface area (Å²) in [7, 11) is 4.08. The first-order chi connectivity index (χ1) is 11.6. The maximum atomic E-state index is 6.19. The first-order valence-corrected chi connectivity index (χ1v) is 8.83. The van der Waals surface area contributed by atoms with Crippen molar-refractivity contribution < 1.29 is 0 Å². The van der Waals surface area contributed by atoms with Crippen LogP contribution in [0.25, 0.3) is 27.5 Å². The van der Waals surface area contributed by atoms with E-state index in [1.165, 1.54) is 0 Å². The summed E-state index contributed by atoms with van der Waals surface area (Å²) < 4.78 is 2.93. The molecule has 0 aliphatic carbocycles. The molecule has 5 heteroatoms. The molecule has 0 saturated heterocycles. The van der Waals surface area contributed by atoms with Crippen molar-refractivity contribution in [3.05, 3.63) is 65.1 Å². The van der Waals surface area contributed by atoms with E-state index >= 15 is 0 Å². The molecular formula is C19H16ClN3S. The quantitative estimate of drug-likeness (QED) is 0.488. The van der Waals surface area contributed by atoms with E-state index in [9.17, 15) is 0 Å². The minimum atomic E-state index is 0.780. The van der Waals surface area contributed by atoms with Crippen molar-refractivity contribution in [3.63, 3.8) is 0 Å². The molecule has 120 valence electrons. The Morgan fingerprint density at radius 3 is 2.46 bits per heavy atom. The van der Waals surface area contributed by atoms with E-state index in [1.807, 2.05) is 38.4 Å². The molecule has 0 spiro atoms. The second-order valence-electron chi connectivity index (χ2n) is 5.79. The minimum Gasteiger partial charge on any atom is -0.376 e. The van der Waals surface area contributed by atoms with Gasteiger partial charge in [0.25, 0.3) is 0 Å². The van der Waals surface area contributed by atoms with Gasteiger partial charge in [0.05, 0.1) is 26.3 Å². The molecular weight excluding hydrogens is 338 g/mol. The molecule has 0 radical (unpaired) electrons. The monoisotopic (exact) mass is 353 g/mol. The van der Waals surface area contributed by atoms with Gasteiger partial charge in [-0.05, 0) is 24.3 Å². The molecule has 0 saturated carbocycles. The van der Waals surface area contributed by atoms with Crippen molar-refractivity contribution in [2.45, 2.75) is 0 Å². The average Bonchev–Trinajstić information content (AvgIpc) is 3.18. The summed E-state index contributed by atoms with van der Waals surface area (Å²) in [5, 5.41) is 0. The van der Waals surface area contributed by atoms with E-state index < -0.39 is 0 Å². The van der Waals surface area contributed by atoms with Crippen molar-refractivity contribution in [3.8, 4) is 21.8 Å². The molecule has 4 aromatic rings. The zero-order chi connectivity index (χ0) is 16.7. The van der Waals surface area contributed by atoms with Crippen LogP contribution in [0.4, 0.5) is 5.69 Å². The van der Waals surface area contributed by atoms with Crippen molar-refractivity contribution >= 4 is 34.3 Å². The summed E-state index contributed by atoms with van der Waals surface area (Å²) in [4.78, 5) is 8.08. The molecule has 0 aliphatic heterocycles. The van der Waals surface area contributed by atoms with E-state index in [0.717, 1.165) is 37.5 Å². The highest BCUT2D eigenvalue weighted by molar-refractivity contribution is 7.19. The van der Waals surface area contributed by atoms with Gasteiger partial charge in [0.1, 0.15) is 5.65 Å². The predicted octanol–water partition coefficient (Wildman–Crippen LogP) is 5.45. The highest BCUT2D eigenvalue weighted by Crippen LogP contribution is 2.38. The molecule has 0 N–H and O–H groups in total. The number of imidazole rings is 1. The molecule has 1 aromatic carbocycles. The minimum absolute atomic E-state index is 0.780. The largest absolute Gasteiger partial charge is 0.376 e. The Hall–Kier alpha value is -2.30. The maximum absolute atomic E-state index is 6.19. The third-order valence-electron chi connectivity index (χ3n) is 3.97. The highest BCUT2D eigenvalue weighted by Gasteiger charge is 2.17. The lowest BCUT2D eigenvalue weighted by Gasteiger charge is -2.13. The van der Waals surface area contributed by atoms with Crippen LogP contribution in [0.15, 0.2) is 60.8 Å². The summed E-state index contributed by atoms with van der Waals surface area (Å²) in [6.45, 7) is 0. The van der Waals surface area contributed by atoms with Crippen LogP contribution in [-0.2, 0) is 0 Å². The van der Waals surface area contributed by atoms with Gasteiger partial charge in [-0.2, -0.15) is 0 Å². The summed E-state index contributed by atoms with van der Waals surface area (Å²) in [6.07, 6.45) is 2.12. The number of anilines is 1. The third kappa shape index (κ3) is 2.58. The van der Waals surface area contributed by atoms with Crippen molar-refractivity contribution in [1.82, 2.24) is 9.38 Å². The molecule has 0 amide bonds. The Bertz CT molecular complexity index is 1000. The van der Waals surface area contributed by atoms with Crippen LogP contribution in [0.1, 0.15) is 0 Å². The summed E-state index contributed by atoms with van der Waals surface area (Å²) >= 11 is 7.76.